The van der Waals surface area contributed by atoms with Gasteiger partial charge in [-0.05, 0) is 61.9 Å². The summed E-state index contributed by atoms with van der Waals surface area (Å²) in [5.74, 6) is -2.92. The monoisotopic (exact) mass is 473 g/mol. The lowest BCUT2D eigenvalue weighted by molar-refractivity contribution is -0.00308. The molecular formula is C28H25F2N3O2. The first-order valence-corrected chi connectivity index (χ1v) is 11.6. The number of nitrogens with zero attached hydrogens (tertiary/aromatic N) is 2. The van der Waals surface area contributed by atoms with E-state index in [9.17, 15) is 4.79 Å². The van der Waals surface area contributed by atoms with E-state index >= 15 is 8.78 Å². The summed E-state index contributed by atoms with van der Waals surface area (Å²) in [4.78, 5) is 13.3. The van der Waals surface area contributed by atoms with Crippen LogP contribution >= 0.6 is 0 Å². The zero-order valence-electron chi connectivity index (χ0n) is 19.5. The van der Waals surface area contributed by atoms with Crippen molar-refractivity contribution in [2.24, 2.45) is 0 Å². The van der Waals surface area contributed by atoms with Crippen molar-refractivity contribution in [1.29, 1.82) is 0 Å². The van der Waals surface area contributed by atoms with Gasteiger partial charge in [-0.25, -0.2) is 0 Å². The summed E-state index contributed by atoms with van der Waals surface area (Å²) in [7, 11) is 0. The molecule has 1 amide bonds. The maximum Gasteiger partial charge on any atom is 0.290 e. The van der Waals surface area contributed by atoms with Crippen molar-refractivity contribution >= 4 is 16.8 Å². The molecule has 4 aromatic rings. The lowest BCUT2D eigenvalue weighted by Gasteiger charge is -2.20. The fourth-order valence-corrected chi connectivity index (χ4v) is 4.29. The Kier molecular flexibility index (Phi) is 5.93. The van der Waals surface area contributed by atoms with Gasteiger partial charge < -0.3 is 10.1 Å². The molecule has 0 spiro atoms. The first-order valence-electron chi connectivity index (χ1n) is 11.6. The molecule has 0 unspecified atom stereocenters. The maximum absolute atomic E-state index is 15.0. The second-order valence-corrected chi connectivity index (χ2v) is 9.05. The lowest BCUT2D eigenvalue weighted by atomic mass is 10.00. The number of ether oxygens (including phenoxy) is 1. The highest BCUT2D eigenvalue weighted by atomic mass is 19.3. The molecule has 5 nitrogen and oxygen atoms in total. The molecule has 35 heavy (non-hydrogen) atoms. The fourth-order valence-electron chi connectivity index (χ4n) is 4.29. The van der Waals surface area contributed by atoms with Crippen LogP contribution in [0.25, 0.3) is 10.9 Å². The Bertz CT molecular complexity index is 1420. The third-order valence-corrected chi connectivity index (χ3v) is 6.23. The number of benzene rings is 3. The fraction of sp³-hybridized carbons (Fsp3) is 0.250. The van der Waals surface area contributed by atoms with E-state index in [4.69, 9.17) is 4.74 Å². The molecule has 5 rings (SSSR count). The normalized spacial score (nSPS) is 13.6. The summed E-state index contributed by atoms with van der Waals surface area (Å²) >= 11 is 0. The van der Waals surface area contributed by atoms with Gasteiger partial charge in [-0.2, -0.15) is 8.78 Å². The van der Waals surface area contributed by atoms with E-state index in [0.717, 1.165) is 24.0 Å². The summed E-state index contributed by atoms with van der Waals surface area (Å²) in [6.45, 7) is 2.63. The average molecular weight is 474 g/mol. The number of aryl methyl sites for hydroxylation is 2. The Balaban J connectivity index is 1.45. The molecule has 1 fully saturated rings. The molecule has 1 aromatic heterocycles. The zero-order valence-corrected chi connectivity index (χ0v) is 19.5. The summed E-state index contributed by atoms with van der Waals surface area (Å²) in [6, 6.07) is 19.3. The predicted molar refractivity (Wildman–Crippen MR) is 130 cm³/mol. The molecule has 1 saturated carbocycles. The third kappa shape index (κ3) is 4.85. The van der Waals surface area contributed by atoms with Crippen molar-refractivity contribution < 1.29 is 18.3 Å². The highest BCUT2D eigenvalue weighted by Gasteiger charge is 2.34. The Morgan fingerprint density at radius 2 is 1.83 bits per heavy atom. The molecule has 1 N–H and O–H groups in total. The van der Waals surface area contributed by atoms with Crippen LogP contribution in [0.15, 0.2) is 66.7 Å². The number of hydrogen-bond acceptors (Lipinski definition) is 4. The van der Waals surface area contributed by atoms with Gasteiger partial charge in [-0.15, -0.1) is 10.2 Å². The minimum Gasteiger partial charge on any atom is -0.437 e. The number of carbonyl (C=O) groups is 1. The van der Waals surface area contributed by atoms with Gasteiger partial charge in [0.15, 0.2) is 0 Å². The summed E-state index contributed by atoms with van der Waals surface area (Å²) in [5.41, 5.74) is 2.96. The quantitative estimate of drug-likeness (QED) is 0.336. The minimum atomic E-state index is -3.25. The van der Waals surface area contributed by atoms with Crippen LogP contribution in [-0.4, -0.2) is 22.6 Å². The van der Waals surface area contributed by atoms with Crippen molar-refractivity contribution in [3.8, 4) is 11.6 Å². The van der Waals surface area contributed by atoms with Crippen LogP contribution in [0.2, 0.25) is 0 Å². The Morgan fingerprint density at radius 1 is 1.03 bits per heavy atom. The summed E-state index contributed by atoms with van der Waals surface area (Å²) in [5, 5.41) is 11.2. The largest absolute Gasteiger partial charge is 0.437 e. The van der Waals surface area contributed by atoms with E-state index in [-0.39, 0.29) is 17.0 Å². The van der Waals surface area contributed by atoms with Crippen molar-refractivity contribution in [1.82, 2.24) is 15.5 Å². The molecular weight excluding hydrogens is 448 g/mol. The molecule has 1 aliphatic rings. The van der Waals surface area contributed by atoms with Crippen molar-refractivity contribution in [2.45, 2.75) is 38.5 Å². The smallest absolute Gasteiger partial charge is 0.290 e. The van der Waals surface area contributed by atoms with E-state index < -0.39 is 18.4 Å². The first-order chi connectivity index (χ1) is 16.8. The van der Waals surface area contributed by atoms with E-state index in [0.29, 0.717) is 28.1 Å². The zero-order chi connectivity index (χ0) is 24.6. The van der Waals surface area contributed by atoms with Gasteiger partial charge >= 0.3 is 0 Å². The van der Waals surface area contributed by atoms with Gasteiger partial charge in [0.25, 0.3) is 17.7 Å². The number of amides is 1. The number of halogens is 2. The van der Waals surface area contributed by atoms with Crippen LogP contribution in [0, 0.1) is 13.8 Å². The highest BCUT2D eigenvalue weighted by Crippen LogP contribution is 2.41. The summed E-state index contributed by atoms with van der Waals surface area (Å²) < 4.78 is 36.1. The van der Waals surface area contributed by atoms with Crippen LogP contribution in [0.5, 0.6) is 11.6 Å². The number of aromatic nitrogens is 2. The Morgan fingerprint density at radius 3 is 2.60 bits per heavy atom. The molecule has 3 aromatic carbocycles. The molecule has 0 bridgehead atoms. The minimum absolute atomic E-state index is 0.0241. The molecule has 178 valence electrons. The van der Waals surface area contributed by atoms with Crippen molar-refractivity contribution in [3.05, 3.63) is 94.5 Å². The van der Waals surface area contributed by atoms with Crippen LogP contribution in [0.4, 0.5) is 8.78 Å². The standard InChI is InChI=1S/C28H25F2N3O2/c1-17-10-13-23(18(2)14-17)28(29,30)16-31-26(34)25-22-8-3-4-9-24(22)32-33-27(25)35-21-7-5-6-20(15-21)19-11-12-19/h3-10,13-15,19H,11-12,16H2,1-2H3,(H,31,34). The summed E-state index contributed by atoms with van der Waals surface area (Å²) in [6.07, 6.45) is 2.28. The predicted octanol–water partition coefficient (Wildman–Crippen LogP) is 6.44. The van der Waals surface area contributed by atoms with Crippen molar-refractivity contribution in [3.63, 3.8) is 0 Å². The Hall–Kier alpha value is -3.87. The number of hydrogen-bond donors (Lipinski definition) is 1. The molecule has 1 heterocycles. The van der Waals surface area contributed by atoms with Crippen molar-refractivity contribution in [2.75, 3.05) is 6.54 Å². The van der Waals surface area contributed by atoms with Gasteiger partial charge in [0.05, 0.1) is 12.1 Å². The molecule has 1 aliphatic carbocycles. The number of rotatable bonds is 7. The number of fused-ring (bicyclic) bond motifs is 1. The van der Waals surface area contributed by atoms with Gasteiger partial charge in [-0.1, -0.05) is 54.1 Å². The Labute approximate surface area is 202 Å². The number of alkyl halides is 2. The first kappa shape index (κ1) is 22.9. The number of carbonyl (C=O) groups excluding carboxylic acids is 1. The molecule has 0 radical (unpaired) electrons. The second kappa shape index (κ2) is 9.06. The van der Waals surface area contributed by atoms with Gasteiger partial charge in [0, 0.05) is 10.9 Å². The molecule has 0 atom stereocenters. The average Bonchev–Trinajstić information content (AvgIpc) is 3.68. The van der Waals surface area contributed by atoms with Gasteiger partial charge in [0.1, 0.15) is 11.3 Å². The van der Waals surface area contributed by atoms with E-state index in [2.05, 4.69) is 15.5 Å². The third-order valence-electron chi connectivity index (χ3n) is 6.23. The SMILES string of the molecule is Cc1ccc(C(F)(F)CNC(=O)c2c(Oc3cccc(C4CC4)c3)nnc3ccccc23)c(C)c1. The lowest BCUT2D eigenvalue weighted by Crippen LogP contribution is -2.35. The van der Waals surface area contributed by atoms with E-state index in [1.54, 1.807) is 49.4 Å². The topological polar surface area (TPSA) is 64.1 Å². The van der Waals surface area contributed by atoms with E-state index in [1.807, 2.05) is 25.1 Å². The highest BCUT2D eigenvalue weighted by molar-refractivity contribution is 6.07. The van der Waals surface area contributed by atoms with E-state index in [1.165, 1.54) is 6.07 Å². The van der Waals surface area contributed by atoms with Crippen LogP contribution in [0.1, 0.15) is 51.4 Å². The molecule has 0 saturated heterocycles. The molecule has 0 aliphatic heterocycles. The second-order valence-electron chi connectivity index (χ2n) is 9.05. The van der Waals surface area contributed by atoms with Gasteiger partial charge in [-0.3, -0.25) is 4.79 Å². The van der Waals surface area contributed by atoms with Crippen LogP contribution in [0.3, 0.4) is 0 Å². The van der Waals surface area contributed by atoms with Gasteiger partial charge in [0.2, 0.25) is 0 Å². The maximum atomic E-state index is 15.0. The van der Waals surface area contributed by atoms with Crippen LogP contribution < -0.4 is 10.1 Å². The molecule has 7 heteroatoms. The van der Waals surface area contributed by atoms with Crippen LogP contribution in [-0.2, 0) is 5.92 Å². The number of nitrogens with one attached hydrogen (secondary N) is 1.